The van der Waals surface area contributed by atoms with Crippen molar-refractivity contribution in [3.8, 4) is 0 Å². The molecule has 84 valence electrons. The molecule has 0 saturated carbocycles. The number of nitrogens with two attached hydrogens (primary N) is 1. The molecule has 2 nitrogen and oxygen atoms in total. The van der Waals surface area contributed by atoms with Gasteiger partial charge in [0.2, 0.25) is 0 Å². The summed E-state index contributed by atoms with van der Waals surface area (Å²) in [5, 5.41) is 0. The van der Waals surface area contributed by atoms with Gasteiger partial charge in [-0.1, -0.05) is 13.3 Å². The summed E-state index contributed by atoms with van der Waals surface area (Å²) in [4.78, 5) is 5.34. The highest BCUT2D eigenvalue weighted by Gasteiger charge is 2.20. The molecule has 1 aliphatic rings. The lowest BCUT2D eigenvalue weighted by atomic mass is 10.1. The Kier molecular flexibility index (Phi) is 3.78. The summed E-state index contributed by atoms with van der Waals surface area (Å²) in [5.74, 6) is 0.930. The number of likely N-dealkylation sites (tertiary alicyclic amines) is 1. The molecular formula is C12H20N2S. The Morgan fingerprint density at radius 1 is 1.47 bits per heavy atom. The fourth-order valence-electron chi connectivity index (χ4n) is 2.23. The molecule has 1 aliphatic heterocycles. The maximum Gasteiger partial charge on any atom is 0.0328 e. The van der Waals surface area contributed by atoms with Crippen molar-refractivity contribution < 1.29 is 0 Å². The molecule has 1 aromatic rings. The zero-order valence-corrected chi connectivity index (χ0v) is 10.2. The first-order chi connectivity index (χ1) is 7.31. The zero-order valence-electron chi connectivity index (χ0n) is 9.41. The van der Waals surface area contributed by atoms with E-state index in [9.17, 15) is 0 Å². The monoisotopic (exact) mass is 224 g/mol. The van der Waals surface area contributed by atoms with Gasteiger partial charge in [0.1, 0.15) is 0 Å². The van der Waals surface area contributed by atoms with Crippen molar-refractivity contribution in [1.82, 2.24) is 4.90 Å². The number of nitrogens with zero attached hydrogens (tertiary/aromatic N) is 1. The van der Waals surface area contributed by atoms with Gasteiger partial charge in [-0.15, -0.1) is 11.3 Å². The first-order valence-electron chi connectivity index (χ1n) is 5.81. The molecular weight excluding hydrogens is 204 g/mol. The lowest BCUT2D eigenvalue weighted by Gasteiger charge is -2.14. The van der Waals surface area contributed by atoms with Crippen molar-refractivity contribution in [3.63, 3.8) is 0 Å². The first-order valence-corrected chi connectivity index (χ1v) is 6.63. The van der Waals surface area contributed by atoms with E-state index in [2.05, 4.69) is 24.0 Å². The van der Waals surface area contributed by atoms with Crippen LogP contribution in [0.2, 0.25) is 0 Å². The second kappa shape index (κ2) is 5.10. The molecule has 1 aromatic heterocycles. The van der Waals surface area contributed by atoms with E-state index in [-0.39, 0.29) is 0 Å². The van der Waals surface area contributed by atoms with Crippen LogP contribution in [0.15, 0.2) is 12.1 Å². The average molecular weight is 224 g/mol. The molecule has 0 aromatic carbocycles. The van der Waals surface area contributed by atoms with Gasteiger partial charge in [0.05, 0.1) is 0 Å². The van der Waals surface area contributed by atoms with Crippen LogP contribution < -0.4 is 5.73 Å². The van der Waals surface area contributed by atoms with Crippen LogP contribution in [-0.4, -0.2) is 18.0 Å². The van der Waals surface area contributed by atoms with E-state index < -0.39 is 0 Å². The van der Waals surface area contributed by atoms with Crippen molar-refractivity contribution in [1.29, 1.82) is 0 Å². The summed E-state index contributed by atoms with van der Waals surface area (Å²) in [5.41, 5.74) is 5.61. The van der Waals surface area contributed by atoms with E-state index in [1.54, 1.807) is 0 Å². The quantitative estimate of drug-likeness (QED) is 0.851. The Morgan fingerprint density at radius 3 is 2.87 bits per heavy atom. The fraction of sp³-hybridized carbons (Fsp3) is 0.667. The van der Waals surface area contributed by atoms with Crippen molar-refractivity contribution in [3.05, 3.63) is 21.9 Å². The minimum absolute atomic E-state index is 0.683. The largest absolute Gasteiger partial charge is 0.326 e. The molecule has 0 aliphatic carbocycles. The van der Waals surface area contributed by atoms with E-state index >= 15 is 0 Å². The van der Waals surface area contributed by atoms with Gasteiger partial charge in [-0.25, -0.2) is 0 Å². The summed E-state index contributed by atoms with van der Waals surface area (Å²) in [6, 6.07) is 4.39. The lowest BCUT2D eigenvalue weighted by molar-refractivity contribution is 0.318. The molecule has 1 atom stereocenters. The molecule has 15 heavy (non-hydrogen) atoms. The molecule has 2 heterocycles. The van der Waals surface area contributed by atoms with Crippen LogP contribution in [0, 0.1) is 5.92 Å². The van der Waals surface area contributed by atoms with Gasteiger partial charge in [0.15, 0.2) is 0 Å². The maximum atomic E-state index is 5.61. The molecule has 1 unspecified atom stereocenters. The number of hydrogen-bond donors (Lipinski definition) is 1. The summed E-state index contributed by atoms with van der Waals surface area (Å²) in [6.07, 6.45) is 2.71. The second-order valence-corrected chi connectivity index (χ2v) is 5.62. The van der Waals surface area contributed by atoms with Crippen LogP contribution >= 0.6 is 11.3 Å². The Labute approximate surface area is 96.1 Å². The molecule has 2 rings (SSSR count). The molecule has 1 fully saturated rings. The number of rotatable bonds is 4. The molecule has 0 radical (unpaired) electrons. The van der Waals surface area contributed by atoms with E-state index in [4.69, 9.17) is 5.73 Å². The molecule has 2 N–H and O–H groups in total. The zero-order chi connectivity index (χ0) is 10.7. The molecule has 1 saturated heterocycles. The van der Waals surface area contributed by atoms with Crippen LogP contribution in [-0.2, 0) is 13.1 Å². The van der Waals surface area contributed by atoms with Crippen LogP contribution in [0.3, 0.4) is 0 Å². The summed E-state index contributed by atoms with van der Waals surface area (Å²) < 4.78 is 0. The number of hydrogen-bond acceptors (Lipinski definition) is 3. The highest BCUT2D eigenvalue weighted by Crippen LogP contribution is 2.23. The summed E-state index contributed by atoms with van der Waals surface area (Å²) in [6.45, 7) is 6.66. The third-order valence-electron chi connectivity index (χ3n) is 3.25. The van der Waals surface area contributed by atoms with Gasteiger partial charge >= 0.3 is 0 Å². The van der Waals surface area contributed by atoms with Gasteiger partial charge in [0.25, 0.3) is 0 Å². The van der Waals surface area contributed by atoms with Crippen LogP contribution in [0.5, 0.6) is 0 Å². The highest BCUT2D eigenvalue weighted by atomic mass is 32.1. The molecule has 3 heteroatoms. The van der Waals surface area contributed by atoms with Crippen molar-refractivity contribution >= 4 is 11.3 Å². The molecule has 0 amide bonds. The third kappa shape index (κ3) is 2.80. The van der Waals surface area contributed by atoms with Gasteiger partial charge in [0, 0.05) is 29.4 Å². The average Bonchev–Trinajstić information content (AvgIpc) is 2.87. The predicted octanol–water partition coefficient (Wildman–Crippen LogP) is 2.44. The Bertz CT molecular complexity index is 308. The van der Waals surface area contributed by atoms with Crippen LogP contribution in [0.25, 0.3) is 0 Å². The van der Waals surface area contributed by atoms with E-state index in [0.717, 1.165) is 12.5 Å². The molecule has 0 bridgehead atoms. The normalized spacial score (nSPS) is 22.4. The van der Waals surface area contributed by atoms with E-state index in [1.807, 2.05) is 11.3 Å². The molecule has 0 spiro atoms. The summed E-state index contributed by atoms with van der Waals surface area (Å²) in [7, 11) is 0. The Hall–Kier alpha value is -0.380. The Morgan fingerprint density at radius 2 is 2.27 bits per heavy atom. The third-order valence-corrected chi connectivity index (χ3v) is 4.34. The minimum atomic E-state index is 0.683. The van der Waals surface area contributed by atoms with Crippen molar-refractivity contribution in [2.24, 2.45) is 11.7 Å². The SMILES string of the molecule is CCC1CCN(Cc2ccc(CN)s2)C1. The van der Waals surface area contributed by atoms with E-state index in [0.29, 0.717) is 6.54 Å². The first kappa shape index (κ1) is 11.1. The van der Waals surface area contributed by atoms with Crippen molar-refractivity contribution in [2.45, 2.75) is 32.9 Å². The smallest absolute Gasteiger partial charge is 0.0328 e. The Balaban J connectivity index is 1.87. The van der Waals surface area contributed by atoms with Crippen molar-refractivity contribution in [2.75, 3.05) is 13.1 Å². The maximum absolute atomic E-state index is 5.61. The van der Waals surface area contributed by atoms with Gasteiger partial charge in [-0.05, 0) is 31.0 Å². The van der Waals surface area contributed by atoms with E-state index in [1.165, 1.54) is 35.7 Å². The van der Waals surface area contributed by atoms with Crippen LogP contribution in [0.1, 0.15) is 29.5 Å². The van der Waals surface area contributed by atoms with Gasteiger partial charge < -0.3 is 5.73 Å². The van der Waals surface area contributed by atoms with Crippen LogP contribution in [0.4, 0.5) is 0 Å². The fourth-order valence-corrected chi connectivity index (χ4v) is 3.17. The van der Waals surface area contributed by atoms with Gasteiger partial charge in [-0.3, -0.25) is 4.90 Å². The predicted molar refractivity (Wildman–Crippen MR) is 65.9 cm³/mol. The lowest BCUT2D eigenvalue weighted by Crippen LogP contribution is -2.19. The minimum Gasteiger partial charge on any atom is -0.326 e. The standard InChI is InChI=1S/C12H20N2S/c1-2-10-5-6-14(8-10)9-12-4-3-11(7-13)15-12/h3-4,10H,2,5-9,13H2,1H3. The highest BCUT2D eigenvalue weighted by molar-refractivity contribution is 7.11. The summed E-state index contributed by atoms with van der Waals surface area (Å²) >= 11 is 1.86. The van der Waals surface area contributed by atoms with Gasteiger partial charge in [-0.2, -0.15) is 0 Å². The topological polar surface area (TPSA) is 29.3 Å². The number of thiophene rings is 1. The second-order valence-electron chi connectivity index (χ2n) is 4.37.